The molecule has 72 heavy (non-hydrogen) atoms. The van der Waals surface area contributed by atoms with Gasteiger partial charge in [-0.3, -0.25) is 24.0 Å². The quantitative estimate of drug-likeness (QED) is 0.0652. The van der Waals surface area contributed by atoms with Crippen molar-refractivity contribution in [1.29, 1.82) is 0 Å². The van der Waals surface area contributed by atoms with Gasteiger partial charge < -0.3 is 77.4 Å². The normalized spacial score (nSPS) is 21.5. The Hall–Kier alpha value is -7.94. The number of fused-ring (bicyclic) bond motifs is 4. The van der Waals surface area contributed by atoms with E-state index in [4.69, 9.17) is 36.5 Å². The summed E-state index contributed by atoms with van der Waals surface area (Å²) < 4.78 is 17.0. The number of carboxylic acid groups (broad SMARTS) is 2. The first-order valence-electron chi connectivity index (χ1n) is 22.2. The molecule has 380 valence electrons. The van der Waals surface area contributed by atoms with Gasteiger partial charge in [0.1, 0.15) is 35.5 Å². The number of phenols is 2. The van der Waals surface area contributed by atoms with Crippen LogP contribution in [0.4, 0.5) is 17.5 Å². The Morgan fingerprint density at radius 2 is 1.68 bits per heavy atom. The number of nitrogens with zero attached hydrogens (tertiary/aromatic N) is 5. The molecule has 0 bridgehead atoms. The van der Waals surface area contributed by atoms with Crippen LogP contribution in [0.15, 0.2) is 48.7 Å². The summed E-state index contributed by atoms with van der Waals surface area (Å²) in [5, 5.41) is 73.9. The molecule has 1 aliphatic heterocycles. The zero-order valence-electron chi connectivity index (χ0n) is 38.8. The molecule has 3 aromatic carbocycles. The van der Waals surface area contributed by atoms with Gasteiger partial charge in [0.05, 0.1) is 60.5 Å². The molecule has 0 unspecified atom stereocenters. The third-order valence-electron chi connectivity index (χ3n) is 12.5. The van der Waals surface area contributed by atoms with Crippen LogP contribution in [0, 0.1) is 0 Å². The van der Waals surface area contributed by atoms with Gasteiger partial charge in [0.25, 0.3) is 5.91 Å². The minimum Gasteiger partial charge on any atom is -0.507 e. The van der Waals surface area contributed by atoms with Crippen molar-refractivity contribution in [3.63, 3.8) is 0 Å². The Kier molecular flexibility index (Phi) is 15.0. The molecule has 0 saturated carbocycles. The van der Waals surface area contributed by atoms with Crippen molar-refractivity contribution < 1.29 is 78.7 Å². The Labute approximate surface area is 408 Å². The molecule has 7 atom stereocenters. The molecule has 5 aromatic rings. The Morgan fingerprint density at radius 1 is 0.986 bits per heavy atom. The molecule has 1 amide bonds. The number of aromatic hydroxyl groups is 2. The number of aromatic nitrogens is 4. The number of ketones is 3. The zero-order chi connectivity index (χ0) is 52.5. The number of nitrogens with two attached hydrogens (primary N) is 3. The number of nitrogen functional groups attached to an aromatic ring is 2. The topological polar surface area (TPSA) is 417 Å². The molecule has 3 aliphatic rings. The molecule has 2 aromatic heterocycles. The first-order chi connectivity index (χ1) is 34.1. The van der Waals surface area contributed by atoms with Crippen molar-refractivity contribution in [2.24, 2.45) is 5.73 Å². The van der Waals surface area contributed by atoms with E-state index in [1.807, 2.05) is 11.9 Å². The summed E-state index contributed by atoms with van der Waals surface area (Å²) in [4.78, 5) is 92.4. The second-order valence-corrected chi connectivity index (χ2v) is 17.4. The first-order valence-corrected chi connectivity index (χ1v) is 22.2. The van der Waals surface area contributed by atoms with Crippen molar-refractivity contribution in [2.45, 2.75) is 87.9 Å². The lowest BCUT2D eigenvalue weighted by Crippen LogP contribution is -2.53. The van der Waals surface area contributed by atoms with Crippen LogP contribution in [-0.4, -0.2) is 148 Å². The Morgan fingerprint density at radius 3 is 2.32 bits per heavy atom. The van der Waals surface area contributed by atoms with Crippen LogP contribution < -0.4 is 32.2 Å². The van der Waals surface area contributed by atoms with Gasteiger partial charge >= 0.3 is 11.9 Å². The van der Waals surface area contributed by atoms with E-state index in [9.17, 15) is 59.4 Å². The number of aliphatic hydroxyl groups excluding tert-OH is 2. The van der Waals surface area contributed by atoms with Gasteiger partial charge in [-0.05, 0) is 43.7 Å². The van der Waals surface area contributed by atoms with Crippen LogP contribution in [-0.2, 0) is 36.8 Å². The van der Waals surface area contributed by atoms with Gasteiger partial charge in [-0.25, -0.2) is 14.8 Å². The number of anilines is 3. The second-order valence-electron chi connectivity index (χ2n) is 17.4. The third kappa shape index (κ3) is 10.3. The minimum absolute atomic E-state index is 0.0138. The summed E-state index contributed by atoms with van der Waals surface area (Å²) in [5.74, 6) is -6.68. The molecular weight excluding hydrogens is 947 g/mol. The number of amides is 1. The lowest BCUT2D eigenvalue weighted by molar-refractivity contribution is -0.247. The highest BCUT2D eigenvalue weighted by molar-refractivity contribution is 6.31. The minimum atomic E-state index is -2.24. The van der Waals surface area contributed by atoms with Crippen LogP contribution in [0.1, 0.15) is 97.7 Å². The van der Waals surface area contributed by atoms with Crippen LogP contribution in [0.3, 0.4) is 0 Å². The van der Waals surface area contributed by atoms with Crippen molar-refractivity contribution in [2.75, 3.05) is 37.1 Å². The third-order valence-corrected chi connectivity index (χ3v) is 12.5. The molecule has 3 heterocycles. The van der Waals surface area contributed by atoms with Crippen molar-refractivity contribution in [3.8, 4) is 17.2 Å². The van der Waals surface area contributed by atoms with E-state index < -0.39 is 120 Å². The maximum Gasteiger partial charge on any atom is 0.326 e. The number of aliphatic hydroxyl groups is 3. The maximum absolute atomic E-state index is 13.6. The predicted octanol–water partition coefficient (Wildman–Crippen LogP) is 0.270. The molecular formula is C47H51N9O16. The van der Waals surface area contributed by atoms with Gasteiger partial charge in [-0.15, -0.1) is 0 Å². The standard InChI is InChI=1S/C27H29NO11.C20H22N8O5/c1-10-22(31)13(28)6-17(38-10)39-15-8-27(36,16(30)9-29)7-12-19(15)26(35)21-20(24(12)33)23(32)11-4-3-5-14(37-2)18(11)25(21)34;1-28(9-11-8-23-17-15(24-11)16(21)26-20(22)27-17)12-4-2-10(3-5-12)18(31)25-13(19(32)33)6-7-14(29)30/h3-5,10,13,15,17,22,29,31,33,35-36H,6-9,28H2,1-2H3;2-5,8,13H,6-7,9H2,1H3,(H,25,31)(H,29,30)(H,32,33)(H4,21,22,23,26,27)/t10-,13-,15-,17-,22+,27-;13-/m00/s1. The van der Waals surface area contributed by atoms with Gasteiger partial charge in [0.15, 0.2) is 34.8 Å². The number of phenolic OH excluding ortho intramolecular Hbond substituents is 2. The molecule has 1 fully saturated rings. The van der Waals surface area contributed by atoms with Gasteiger partial charge in [0.2, 0.25) is 11.7 Å². The summed E-state index contributed by atoms with van der Waals surface area (Å²) in [6, 6.07) is 8.80. The number of aliphatic carboxylic acids is 2. The zero-order valence-corrected chi connectivity index (χ0v) is 38.8. The number of carboxylic acids is 2. The SMILES string of the molecule is CN(Cc1cnc2nc(N)nc(N)c2n1)c1ccc(C(=O)N[C@@H](CCC(=O)O)C(=O)O)cc1.COc1cccc2c1C(=O)c1c(O)c3c(c(O)c1C2=O)C[C@@](O)(C(=O)CO)C[C@@H]3O[C@H]1C[C@H](N)[C@H](O)[C@H](C)O1. The molecule has 25 nitrogen and oxygen atoms in total. The van der Waals surface area contributed by atoms with E-state index in [0.717, 1.165) is 5.69 Å². The second kappa shape index (κ2) is 20.8. The van der Waals surface area contributed by atoms with Crippen molar-refractivity contribution in [3.05, 3.63) is 93.3 Å². The number of Topliss-reactive ketones (excluding diaryl/α,β-unsaturated/α-hetero) is 1. The number of methoxy groups -OCH3 is 1. The van der Waals surface area contributed by atoms with Gasteiger partial charge in [-0.2, -0.15) is 9.97 Å². The van der Waals surface area contributed by atoms with Crippen LogP contribution in [0.25, 0.3) is 11.2 Å². The molecule has 1 saturated heterocycles. The summed E-state index contributed by atoms with van der Waals surface area (Å²) >= 11 is 0. The van der Waals surface area contributed by atoms with E-state index in [1.54, 1.807) is 25.3 Å². The average Bonchev–Trinajstić information content (AvgIpc) is 3.34. The Balaban J connectivity index is 0.000000215. The molecule has 8 rings (SSSR count). The smallest absolute Gasteiger partial charge is 0.326 e. The van der Waals surface area contributed by atoms with Crippen molar-refractivity contribution in [1.82, 2.24) is 25.3 Å². The highest BCUT2D eigenvalue weighted by Crippen LogP contribution is 2.52. The van der Waals surface area contributed by atoms with Crippen LogP contribution in [0.2, 0.25) is 0 Å². The van der Waals surface area contributed by atoms with E-state index in [2.05, 4.69) is 25.3 Å². The number of carbonyl (C=O) groups excluding carboxylic acids is 4. The fourth-order valence-electron chi connectivity index (χ4n) is 8.78. The molecule has 0 spiro atoms. The highest BCUT2D eigenvalue weighted by atomic mass is 16.7. The van der Waals surface area contributed by atoms with Gasteiger partial charge in [-0.1, -0.05) is 12.1 Å². The van der Waals surface area contributed by atoms with Crippen LogP contribution in [0.5, 0.6) is 17.2 Å². The predicted molar refractivity (Wildman–Crippen MR) is 250 cm³/mol. The lowest BCUT2D eigenvalue weighted by atomic mass is 9.72. The fourth-order valence-corrected chi connectivity index (χ4v) is 8.78. The van der Waals surface area contributed by atoms with E-state index >= 15 is 0 Å². The largest absolute Gasteiger partial charge is 0.507 e. The average molecular weight is 998 g/mol. The maximum atomic E-state index is 13.6. The Bertz CT molecular complexity index is 2980. The molecule has 0 radical (unpaired) electrons. The van der Waals surface area contributed by atoms with Gasteiger partial charge in [0, 0.05) is 66.7 Å². The number of hydrogen-bond donors (Lipinski definition) is 11. The van der Waals surface area contributed by atoms with Crippen molar-refractivity contribution >= 4 is 63.8 Å². The first kappa shape index (κ1) is 51.9. The molecule has 2 aliphatic carbocycles. The van der Waals surface area contributed by atoms with Crippen LogP contribution >= 0.6 is 0 Å². The van der Waals surface area contributed by atoms with E-state index in [-0.39, 0.29) is 64.6 Å². The molecule has 25 heteroatoms. The summed E-state index contributed by atoms with van der Waals surface area (Å²) in [6.07, 6.45) is -4.16. The fraction of sp³-hybridized carbons (Fsp3) is 0.362. The number of hydrogen-bond acceptors (Lipinski definition) is 22. The van der Waals surface area contributed by atoms with E-state index in [1.165, 1.54) is 37.4 Å². The highest BCUT2D eigenvalue weighted by Gasteiger charge is 2.50. The number of benzene rings is 3. The number of rotatable bonds is 14. The monoisotopic (exact) mass is 997 g/mol. The number of ether oxygens (including phenoxy) is 3. The number of carbonyl (C=O) groups is 6. The van der Waals surface area contributed by atoms with E-state index in [0.29, 0.717) is 23.4 Å². The summed E-state index contributed by atoms with van der Waals surface area (Å²) in [5.41, 5.74) is 16.0. The summed E-state index contributed by atoms with van der Waals surface area (Å²) in [7, 11) is 3.14. The molecule has 14 N–H and O–H groups in total. The lowest BCUT2D eigenvalue weighted by Gasteiger charge is -2.42. The summed E-state index contributed by atoms with van der Waals surface area (Å²) in [6.45, 7) is 0.929. The number of nitrogens with one attached hydrogen (secondary N) is 1.